The molecule has 0 fully saturated rings. The number of benzene rings is 2. The van der Waals surface area contributed by atoms with Crippen LogP contribution in [0.1, 0.15) is 11.1 Å². The maximum absolute atomic E-state index is 12.8. The Bertz CT molecular complexity index is 808. The Kier molecular flexibility index (Phi) is 3.06. The summed E-state index contributed by atoms with van der Waals surface area (Å²) in [5.41, 5.74) is 5.95. The summed E-state index contributed by atoms with van der Waals surface area (Å²) in [6.07, 6.45) is 0. The van der Waals surface area contributed by atoms with Gasteiger partial charge in [0, 0.05) is 22.6 Å². The van der Waals surface area contributed by atoms with Gasteiger partial charge in [0.2, 0.25) is 4.87 Å². The summed E-state index contributed by atoms with van der Waals surface area (Å²) in [6.45, 7) is 0. The molecule has 6 heteroatoms. The molecule has 22 heavy (non-hydrogen) atoms. The van der Waals surface area contributed by atoms with E-state index in [4.69, 9.17) is 0 Å². The normalized spacial score (nSPS) is 22.7. The maximum Gasteiger partial charge on any atom is 0.269 e. The molecule has 0 aromatic heterocycles. The number of fused-ring (bicyclic) bond motifs is 2. The SMILES string of the molecule is CN1C(=O)[C@]2(NN=C(c3ccccc3)S2)c2cc(Br)ccc21. The van der Waals surface area contributed by atoms with E-state index >= 15 is 0 Å². The lowest BCUT2D eigenvalue weighted by Gasteiger charge is -2.21. The summed E-state index contributed by atoms with van der Waals surface area (Å²) < 4.78 is 0.948. The Labute approximate surface area is 140 Å². The van der Waals surface area contributed by atoms with E-state index in [1.165, 1.54) is 11.8 Å². The van der Waals surface area contributed by atoms with Gasteiger partial charge in [0.15, 0.2) is 0 Å². The van der Waals surface area contributed by atoms with Crippen LogP contribution in [-0.4, -0.2) is 18.0 Å². The molecule has 2 aliphatic heterocycles. The second-order valence-electron chi connectivity index (χ2n) is 5.20. The number of amides is 1. The summed E-state index contributed by atoms with van der Waals surface area (Å²) in [7, 11) is 1.80. The monoisotopic (exact) mass is 373 g/mol. The fourth-order valence-electron chi connectivity index (χ4n) is 2.77. The fraction of sp³-hybridized carbons (Fsp3) is 0.125. The Hall–Kier alpha value is -1.79. The summed E-state index contributed by atoms with van der Waals surface area (Å²) in [4.78, 5) is 13.7. The summed E-state index contributed by atoms with van der Waals surface area (Å²) in [5.74, 6) is 0.000260. The Morgan fingerprint density at radius 2 is 2.00 bits per heavy atom. The third kappa shape index (κ3) is 1.84. The number of halogens is 1. The number of hydrogen-bond donors (Lipinski definition) is 1. The molecule has 0 bridgehead atoms. The molecule has 0 aliphatic carbocycles. The van der Waals surface area contributed by atoms with E-state index in [1.807, 2.05) is 48.5 Å². The van der Waals surface area contributed by atoms with Gasteiger partial charge in [-0.05, 0) is 18.2 Å². The van der Waals surface area contributed by atoms with Crippen LogP contribution < -0.4 is 10.3 Å². The standard InChI is InChI=1S/C16H12BrN3OS/c1-20-13-8-7-11(17)9-12(13)16(15(20)21)19-18-14(22-16)10-5-3-2-4-6-10/h2-9,19H,1H3/t16-/m0/s1. The molecular weight excluding hydrogens is 362 g/mol. The zero-order valence-corrected chi connectivity index (χ0v) is 14.1. The predicted molar refractivity (Wildman–Crippen MR) is 92.9 cm³/mol. The topological polar surface area (TPSA) is 44.7 Å². The molecule has 0 radical (unpaired) electrons. The first kappa shape index (κ1) is 13.8. The smallest absolute Gasteiger partial charge is 0.269 e. The van der Waals surface area contributed by atoms with Crippen molar-refractivity contribution in [3.63, 3.8) is 0 Å². The van der Waals surface area contributed by atoms with E-state index in [0.717, 1.165) is 26.3 Å². The number of rotatable bonds is 1. The molecule has 110 valence electrons. The first-order valence-corrected chi connectivity index (χ1v) is 8.40. The quantitative estimate of drug-likeness (QED) is 0.833. The Morgan fingerprint density at radius 1 is 1.23 bits per heavy atom. The highest BCUT2D eigenvalue weighted by Crippen LogP contribution is 2.50. The molecule has 0 saturated carbocycles. The lowest BCUT2D eigenvalue weighted by Crippen LogP contribution is -2.43. The van der Waals surface area contributed by atoms with Crippen LogP contribution in [0.5, 0.6) is 0 Å². The second kappa shape index (κ2) is 4.86. The van der Waals surface area contributed by atoms with Gasteiger partial charge < -0.3 is 4.90 Å². The lowest BCUT2D eigenvalue weighted by molar-refractivity contribution is -0.120. The van der Waals surface area contributed by atoms with Gasteiger partial charge in [-0.3, -0.25) is 10.2 Å². The summed E-state index contributed by atoms with van der Waals surface area (Å²) in [5, 5.41) is 5.25. The van der Waals surface area contributed by atoms with Gasteiger partial charge in [-0.1, -0.05) is 58.0 Å². The van der Waals surface area contributed by atoms with Crippen molar-refractivity contribution in [1.29, 1.82) is 0 Å². The number of nitrogens with one attached hydrogen (secondary N) is 1. The van der Waals surface area contributed by atoms with E-state index in [9.17, 15) is 4.79 Å². The van der Waals surface area contributed by atoms with Crippen LogP contribution in [0.4, 0.5) is 5.69 Å². The molecule has 2 aromatic carbocycles. The average molecular weight is 374 g/mol. The van der Waals surface area contributed by atoms with Gasteiger partial charge in [-0.25, -0.2) is 0 Å². The maximum atomic E-state index is 12.8. The minimum atomic E-state index is -0.862. The van der Waals surface area contributed by atoms with Crippen molar-refractivity contribution < 1.29 is 4.79 Å². The van der Waals surface area contributed by atoms with Gasteiger partial charge in [0.1, 0.15) is 5.04 Å². The van der Waals surface area contributed by atoms with Crippen LogP contribution >= 0.6 is 27.7 Å². The van der Waals surface area contributed by atoms with E-state index in [2.05, 4.69) is 26.5 Å². The van der Waals surface area contributed by atoms with Gasteiger partial charge in [0.05, 0.1) is 5.69 Å². The van der Waals surface area contributed by atoms with Crippen LogP contribution in [0.15, 0.2) is 58.1 Å². The predicted octanol–water partition coefficient (Wildman–Crippen LogP) is 3.28. The van der Waals surface area contributed by atoms with Gasteiger partial charge in [-0.2, -0.15) is 5.10 Å². The molecule has 2 aromatic rings. The number of thioether (sulfide) groups is 1. The van der Waals surface area contributed by atoms with E-state index in [0.29, 0.717) is 0 Å². The minimum absolute atomic E-state index is 0.000260. The highest BCUT2D eigenvalue weighted by molar-refractivity contribution is 9.10. The second-order valence-corrected chi connectivity index (χ2v) is 7.32. The highest BCUT2D eigenvalue weighted by Gasteiger charge is 2.54. The molecule has 4 nitrogen and oxygen atoms in total. The largest absolute Gasteiger partial charge is 0.312 e. The number of carbonyl (C=O) groups is 1. The summed E-state index contributed by atoms with van der Waals surface area (Å²) in [6, 6.07) is 15.8. The minimum Gasteiger partial charge on any atom is -0.312 e. The molecule has 0 unspecified atom stereocenters. The van der Waals surface area contributed by atoms with Crippen LogP contribution in [0.3, 0.4) is 0 Å². The van der Waals surface area contributed by atoms with Crippen molar-refractivity contribution in [1.82, 2.24) is 5.43 Å². The average Bonchev–Trinajstić information content (AvgIpc) is 3.07. The van der Waals surface area contributed by atoms with Crippen LogP contribution in [0.25, 0.3) is 0 Å². The van der Waals surface area contributed by atoms with Gasteiger partial charge >= 0.3 is 0 Å². The Balaban J connectivity index is 1.79. The Morgan fingerprint density at radius 3 is 2.77 bits per heavy atom. The summed E-state index contributed by atoms with van der Waals surface area (Å²) >= 11 is 4.95. The third-order valence-corrected chi connectivity index (χ3v) is 5.70. The number of nitrogens with zero attached hydrogens (tertiary/aromatic N) is 2. The zero-order valence-electron chi connectivity index (χ0n) is 11.7. The van der Waals surface area contributed by atoms with Crippen molar-refractivity contribution in [3.8, 4) is 0 Å². The first-order valence-electron chi connectivity index (χ1n) is 6.79. The van der Waals surface area contributed by atoms with Gasteiger partial charge in [0.25, 0.3) is 5.91 Å². The fourth-order valence-corrected chi connectivity index (χ4v) is 4.36. The van der Waals surface area contributed by atoms with E-state index in [1.54, 1.807) is 11.9 Å². The highest BCUT2D eigenvalue weighted by atomic mass is 79.9. The van der Waals surface area contributed by atoms with Crippen LogP contribution in [0.2, 0.25) is 0 Å². The number of hydrogen-bond acceptors (Lipinski definition) is 4. The molecule has 2 heterocycles. The van der Waals surface area contributed by atoms with E-state index < -0.39 is 4.87 Å². The van der Waals surface area contributed by atoms with Gasteiger partial charge in [-0.15, -0.1) is 0 Å². The molecule has 2 aliphatic rings. The van der Waals surface area contributed by atoms with E-state index in [-0.39, 0.29) is 5.91 Å². The molecule has 1 N–H and O–H groups in total. The number of hydrazone groups is 1. The number of carbonyl (C=O) groups excluding carboxylic acids is 1. The van der Waals surface area contributed by atoms with Crippen molar-refractivity contribution >= 4 is 44.3 Å². The first-order chi connectivity index (χ1) is 10.6. The molecule has 1 spiro atoms. The van der Waals surface area contributed by atoms with Crippen LogP contribution in [-0.2, 0) is 9.67 Å². The van der Waals surface area contributed by atoms with Crippen molar-refractivity contribution in [2.45, 2.75) is 4.87 Å². The number of anilines is 1. The third-order valence-electron chi connectivity index (χ3n) is 3.89. The van der Waals surface area contributed by atoms with Crippen molar-refractivity contribution in [2.24, 2.45) is 5.10 Å². The molecule has 0 saturated heterocycles. The van der Waals surface area contributed by atoms with Crippen molar-refractivity contribution in [2.75, 3.05) is 11.9 Å². The molecule has 1 atom stereocenters. The molecular formula is C16H12BrN3OS. The molecule has 1 amide bonds. The molecule has 4 rings (SSSR count). The number of likely N-dealkylation sites (N-methyl/N-ethyl adjacent to an activating group) is 1. The van der Waals surface area contributed by atoms with Crippen molar-refractivity contribution in [3.05, 3.63) is 64.1 Å². The lowest BCUT2D eigenvalue weighted by atomic mass is 10.1. The zero-order chi connectivity index (χ0) is 15.3. The van der Waals surface area contributed by atoms with Crippen LogP contribution in [0, 0.1) is 0 Å².